The van der Waals surface area contributed by atoms with E-state index in [0.717, 1.165) is 30.1 Å². The van der Waals surface area contributed by atoms with Crippen molar-refractivity contribution < 1.29 is 35.2 Å². The summed E-state index contributed by atoms with van der Waals surface area (Å²) in [5, 5.41) is 1.48. The van der Waals surface area contributed by atoms with Gasteiger partial charge in [0.2, 0.25) is 0 Å². The van der Waals surface area contributed by atoms with Crippen molar-refractivity contribution in [3.63, 3.8) is 0 Å². The van der Waals surface area contributed by atoms with E-state index < -0.39 is 66.2 Å². The first kappa shape index (κ1) is 22.5. The minimum Gasteiger partial charge on any atom is -0.343 e. The molecule has 0 bridgehead atoms. The number of anilines is 1. The van der Waals surface area contributed by atoms with Crippen LogP contribution in [0.4, 0.5) is 27.6 Å². The molecule has 0 aromatic carbocycles. The van der Waals surface area contributed by atoms with E-state index in [-0.39, 0.29) is 19.3 Å². The molecule has 0 atom stereocenters. The maximum atomic E-state index is 14.8. The van der Waals surface area contributed by atoms with Gasteiger partial charge < -0.3 is 9.88 Å². The Kier molecular flexibility index (Phi) is 5.61. The standard InChI is InChI=1S/C17H15ClF5N3O3S/c1-26-7-10(30(28,29)8-16(4-2-5-16)17(21,22)23)12(20)13(26)15(27)25-9-3-6-24-14(18)11(9)19/h3,6-7H,2,4-5,8H2,1H3,(H,24,25,27). The van der Waals surface area contributed by atoms with Gasteiger partial charge in [0.25, 0.3) is 5.91 Å². The number of aromatic nitrogens is 2. The summed E-state index contributed by atoms with van der Waals surface area (Å²) >= 11 is 5.50. The zero-order valence-corrected chi connectivity index (χ0v) is 16.9. The summed E-state index contributed by atoms with van der Waals surface area (Å²) in [6, 6.07) is 1.04. The summed E-state index contributed by atoms with van der Waals surface area (Å²) in [7, 11) is -3.58. The Bertz CT molecular complexity index is 1110. The van der Waals surface area contributed by atoms with Crippen LogP contribution in [0.25, 0.3) is 0 Å². The fourth-order valence-electron chi connectivity index (χ4n) is 3.30. The van der Waals surface area contributed by atoms with Crippen molar-refractivity contribution >= 4 is 33.0 Å². The van der Waals surface area contributed by atoms with Gasteiger partial charge in [-0.15, -0.1) is 0 Å². The molecule has 1 N–H and O–H groups in total. The third-order valence-electron chi connectivity index (χ3n) is 5.11. The van der Waals surface area contributed by atoms with Crippen LogP contribution in [0.5, 0.6) is 0 Å². The molecule has 2 aromatic heterocycles. The fourth-order valence-corrected chi connectivity index (χ4v) is 5.48. The molecule has 1 fully saturated rings. The first-order valence-electron chi connectivity index (χ1n) is 8.55. The van der Waals surface area contributed by atoms with Gasteiger partial charge in [-0.25, -0.2) is 22.2 Å². The number of nitrogens with one attached hydrogen (secondary N) is 1. The number of pyridine rings is 1. The molecule has 2 aromatic rings. The highest BCUT2D eigenvalue weighted by Gasteiger charge is 2.60. The Balaban J connectivity index is 1.93. The number of aryl methyl sites for hydroxylation is 1. The van der Waals surface area contributed by atoms with E-state index in [0.29, 0.717) is 0 Å². The molecule has 13 heteroatoms. The molecule has 1 amide bonds. The molecule has 3 rings (SSSR count). The highest BCUT2D eigenvalue weighted by Crippen LogP contribution is 2.54. The first-order chi connectivity index (χ1) is 13.8. The monoisotopic (exact) mass is 471 g/mol. The number of hydrogen-bond donors (Lipinski definition) is 1. The van der Waals surface area contributed by atoms with Gasteiger partial charge in [0.1, 0.15) is 10.6 Å². The lowest BCUT2D eigenvalue weighted by Gasteiger charge is -2.42. The largest absolute Gasteiger partial charge is 0.395 e. The molecule has 30 heavy (non-hydrogen) atoms. The van der Waals surface area contributed by atoms with Crippen LogP contribution < -0.4 is 5.32 Å². The zero-order valence-electron chi connectivity index (χ0n) is 15.4. The van der Waals surface area contributed by atoms with E-state index in [1.807, 2.05) is 5.32 Å². The first-order valence-corrected chi connectivity index (χ1v) is 10.6. The van der Waals surface area contributed by atoms with E-state index >= 15 is 0 Å². The summed E-state index contributed by atoms with van der Waals surface area (Å²) in [6.45, 7) is 0. The van der Waals surface area contributed by atoms with Crippen molar-refractivity contribution in [1.82, 2.24) is 9.55 Å². The highest BCUT2D eigenvalue weighted by molar-refractivity contribution is 7.91. The summed E-state index contributed by atoms with van der Waals surface area (Å²) in [5.41, 5.74) is -3.67. The minimum absolute atomic E-state index is 0.208. The van der Waals surface area contributed by atoms with Gasteiger partial charge in [-0.05, 0) is 18.9 Å². The molecular weight excluding hydrogens is 457 g/mol. The highest BCUT2D eigenvalue weighted by atomic mass is 35.5. The molecule has 6 nitrogen and oxygen atoms in total. The second kappa shape index (κ2) is 7.49. The van der Waals surface area contributed by atoms with Crippen LogP contribution in [0.2, 0.25) is 5.15 Å². The van der Waals surface area contributed by atoms with Crippen molar-refractivity contribution in [3.05, 3.63) is 40.9 Å². The van der Waals surface area contributed by atoms with Crippen LogP contribution in [0.3, 0.4) is 0 Å². The number of carbonyl (C=O) groups excluding carboxylic acids is 1. The molecular formula is C17H15ClF5N3O3S. The van der Waals surface area contributed by atoms with Crippen LogP contribution in [-0.4, -0.2) is 35.8 Å². The molecule has 0 aliphatic heterocycles. The van der Waals surface area contributed by atoms with Crippen molar-refractivity contribution in [2.75, 3.05) is 11.1 Å². The number of halogens is 6. The third-order valence-corrected chi connectivity index (χ3v) is 7.26. The van der Waals surface area contributed by atoms with E-state index in [2.05, 4.69) is 4.98 Å². The topological polar surface area (TPSA) is 81.1 Å². The molecule has 164 valence electrons. The number of alkyl halides is 3. The molecule has 1 aliphatic carbocycles. The van der Waals surface area contributed by atoms with Crippen LogP contribution in [0.1, 0.15) is 29.8 Å². The SMILES string of the molecule is Cn1cc(S(=O)(=O)CC2(C(F)(F)F)CCC2)c(F)c1C(=O)Nc1ccnc(Cl)c1F. The van der Waals surface area contributed by atoms with Crippen LogP contribution in [0, 0.1) is 17.0 Å². The minimum atomic E-state index is -4.76. The molecule has 1 aliphatic rings. The zero-order chi connectivity index (χ0) is 22.5. The van der Waals surface area contributed by atoms with Crippen molar-refractivity contribution in [3.8, 4) is 0 Å². The molecule has 0 spiro atoms. The number of sulfone groups is 1. The van der Waals surface area contributed by atoms with Crippen LogP contribution in [0.15, 0.2) is 23.4 Å². The average molecular weight is 472 g/mol. The summed E-state index contributed by atoms with van der Waals surface area (Å²) in [4.78, 5) is 14.8. The second-order valence-corrected chi connectivity index (χ2v) is 9.39. The normalized spacial score (nSPS) is 16.2. The summed E-state index contributed by atoms with van der Waals surface area (Å²) < 4.78 is 94.8. The predicted octanol–water partition coefficient (Wildman–Crippen LogP) is 4.11. The van der Waals surface area contributed by atoms with Gasteiger partial charge in [0.05, 0.1) is 16.9 Å². The summed E-state index contributed by atoms with van der Waals surface area (Å²) in [6.07, 6.45) is -3.51. The van der Waals surface area contributed by atoms with Crippen molar-refractivity contribution in [2.45, 2.75) is 30.3 Å². The smallest absolute Gasteiger partial charge is 0.343 e. The third kappa shape index (κ3) is 3.78. The molecule has 0 radical (unpaired) electrons. The number of carbonyl (C=O) groups is 1. The van der Waals surface area contributed by atoms with Crippen molar-refractivity contribution in [1.29, 1.82) is 0 Å². The van der Waals surface area contributed by atoms with Crippen LogP contribution in [-0.2, 0) is 16.9 Å². The van der Waals surface area contributed by atoms with E-state index in [9.17, 15) is 35.2 Å². The van der Waals surface area contributed by atoms with Gasteiger partial charge in [-0.1, -0.05) is 18.0 Å². The van der Waals surface area contributed by atoms with Gasteiger partial charge in [0.15, 0.2) is 26.6 Å². The van der Waals surface area contributed by atoms with Gasteiger partial charge in [-0.3, -0.25) is 4.79 Å². The Morgan fingerprint density at radius 1 is 1.30 bits per heavy atom. The number of nitrogens with zero attached hydrogens (tertiary/aromatic N) is 2. The maximum absolute atomic E-state index is 14.8. The Morgan fingerprint density at radius 3 is 2.47 bits per heavy atom. The van der Waals surface area contributed by atoms with Crippen LogP contribution >= 0.6 is 11.6 Å². The van der Waals surface area contributed by atoms with E-state index in [4.69, 9.17) is 11.6 Å². The Hall–Kier alpha value is -2.21. The Labute approximate surface area is 173 Å². The average Bonchev–Trinajstić information content (AvgIpc) is 2.89. The van der Waals surface area contributed by atoms with E-state index in [1.54, 1.807) is 0 Å². The number of rotatable bonds is 5. The molecule has 2 heterocycles. The lowest BCUT2D eigenvalue weighted by molar-refractivity contribution is -0.241. The number of amides is 1. The van der Waals surface area contributed by atoms with E-state index in [1.165, 1.54) is 0 Å². The lowest BCUT2D eigenvalue weighted by atomic mass is 9.70. The molecule has 0 saturated heterocycles. The molecule has 1 saturated carbocycles. The predicted molar refractivity (Wildman–Crippen MR) is 96.9 cm³/mol. The van der Waals surface area contributed by atoms with Gasteiger partial charge >= 0.3 is 6.18 Å². The van der Waals surface area contributed by atoms with Crippen molar-refractivity contribution in [2.24, 2.45) is 12.5 Å². The quantitative estimate of drug-likeness (QED) is 0.525. The summed E-state index contributed by atoms with van der Waals surface area (Å²) in [5.74, 6) is -5.15. The molecule has 0 unspecified atom stereocenters. The maximum Gasteiger partial charge on any atom is 0.395 e. The second-order valence-electron chi connectivity index (χ2n) is 7.08. The van der Waals surface area contributed by atoms with Gasteiger partial charge in [-0.2, -0.15) is 13.2 Å². The van der Waals surface area contributed by atoms with Gasteiger partial charge in [0, 0.05) is 19.4 Å². The Morgan fingerprint density at radius 2 is 1.93 bits per heavy atom. The number of hydrogen-bond acceptors (Lipinski definition) is 4. The lowest BCUT2D eigenvalue weighted by Crippen LogP contribution is -2.48. The fraction of sp³-hybridized carbons (Fsp3) is 0.412.